The summed E-state index contributed by atoms with van der Waals surface area (Å²) in [6.07, 6.45) is 2.71. The second-order valence-corrected chi connectivity index (χ2v) is 9.31. The first kappa shape index (κ1) is 23.6. The Labute approximate surface area is 189 Å². The molecule has 3 rings (SSSR count). The van der Waals surface area contributed by atoms with Gasteiger partial charge in [-0.1, -0.05) is 40.5 Å². The highest BCUT2D eigenvalue weighted by molar-refractivity contribution is 6.46. The fourth-order valence-corrected chi connectivity index (χ4v) is 4.14. The van der Waals surface area contributed by atoms with Crippen molar-refractivity contribution in [3.63, 3.8) is 0 Å². The molecule has 6 nitrogen and oxygen atoms in total. The van der Waals surface area contributed by atoms with Crippen LogP contribution in [0.5, 0.6) is 5.75 Å². The first-order valence-electron chi connectivity index (χ1n) is 11.1. The third-order valence-corrected chi connectivity index (χ3v) is 5.85. The van der Waals surface area contributed by atoms with E-state index in [0.29, 0.717) is 29.4 Å². The van der Waals surface area contributed by atoms with Crippen LogP contribution in [-0.2, 0) is 15.0 Å². The van der Waals surface area contributed by atoms with Crippen molar-refractivity contribution < 1.29 is 23.8 Å². The highest BCUT2D eigenvalue weighted by atomic mass is 16.5. The second-order valence-electron chi connectivity index (χ2n) is 9.31. The molecule has 1 aromatic heterocycles. The van der Waals surface area contributed by atoms with Gasteiger partial charge >= 0.3 is 0 Å². The molecule has 1 aliphatic rings. The molecule has 0 aliphatic carbocycles. The van der Waals surface area contributed by atoms with Gasteiger partial charge in [0.1, 0.15) is 29.1 Å². The van der Waals surface area contributed by atoms with Crippen molar-refractivity contribution in [3.05, 3.63) is 58.6 Å². The van der Waals surface area contributed by atoms with Crippen molar-refractivity contribution >= 4 is 17.4 Å². The number of rotatable bonds is 7. The topological polar surface area (TPSA) is 80.0 Å². The number of carbonyl (C=O) groups excluding carboxylic acids is 2. The SMILES string of the molecule is CCCCCN1C(=O)C(=O)/C(=C(\O)c2ccc(OC)c(C(C)(C)C)c2)C1c1ccc(C)o1. The average molecular weight is 440 g/mol. The van der Waals surface area contributed by atoms with Gasteiger partial charge in [-0.2, -0.15) is 0 Å². The first-order chi connectivity index (χ1) is 15.1. The quantitative estimate of drug-likeness (QED) is 0.266. The maximum Gasteiger partial charge on any atom is 0.295 e. The molecule has 0 radical (unpaired) electrons. The monoisotopic (exact) mass is 439 g/mol. The lowest BCUT2D eigenvalue weighted by Gasteiger charge is -2.24. The molecular weight excluding hydrogens is 406 g/mol. The molecule has 32 heavy (non-hydrogen) atoms. The summed E-state index contributed by atoms with van der Waals surface area (Å²) in [6, 6.07) is 8.12. The first-order valence-corrected chi connectivity index (χ1v) is 11.1. The van der Waals surface area contributed by atoms with Gasteiger partial charge in [-0.05, 0) is 49.1 Å². The number of ether oxygens (including phenoxy) is 1. The largest absolute Gasteiger partial charge is 0.507 e. The summed E-state index contributed by atoms with van der Waals surface area (Å²) in [5, 5.41) is 11.3. The Bertz CT molecular complexity index is 1040. The summed E-state index contributed by atoms with van der Waals surface area (Å²) in [6.45, 7) is 10.5. The minimum atomic E-state index is -0.749. The van der Waals surface area contributed by atoms with Crippen molar-refractivity contribution in [1.82, 2.24) is 4.90 Å². The minimum Gasteiger partial charge on any atom is -0.507 e. The van der Waals surface area contributed by atoms with E-state index in [9.17, 15) is 14.7 Å². The molecule has 1 amide bonds. The van der Waals surface area contributed by atoms with Crippen LogP contribution in [0.25, 0.3) is 5.76 Å². The summed E-state index contributed by atoms with van der Waals surface area (Å²) in [5.74, 6) is 0.362. The van der Waals surface area contributed by atoms with Crippen LogP contribution in [-0.4, -0.2) is 35.4 Å². The van der Waals surface area contributed by atoms with E-state index in [1.54, 1.807) is 31.4 Å². The number of aryl methyl sites for hydroxylation is 1. The number of ketones is 1. The molecule has 2 aromatic rings. The van der Waals surface area contributed by atoms with E-state index in [0.717, 1.165) is 24.8 Å². The predicted molar refractivity (Wildman–Crippen MR) is 124 cm³/mol. The Morgan fingerprint density at radius 3 is 2.44 bits per heavy atom. The lowest BCUT2D eigenvalue weighted by atomic mass is 9.84. The Balaban J connectivity index is 2.16. The summed E-state index contributed by atoms with van der Waals surface area (Å²) < 4.78 is 11.3. The number of likely N-dealkylation sites (tertiary alicyclic amines) is 1. The zero-order valence-corrected chi connectivity index (χ0v) is 19.8. The number of benzene rings is 1. The summed E-state index contributed by atoms with van der Waals surface area (Å²) in [5.41, 5.74) is 1.18. The van der Waals surface area contributed by atoms with Gasteiger partial charge in [-0.15, -0.1) is 0 Å². The molecule has 0 spiro atoms. The lowest BCUT2D eigenvalue weighted by Crippen LogP contribution is -2.30. The number of hydrogen-bond acceptors (Lipinski definition) is 5. The summed E-state index contributed by atoms with van der Waals surface area (Å²) in [4.78, 5) is 27.5. The van der Waals surface area contributed by atoms with Gasteiger partial charge in [0.2, 0.25) is 0 Å². The van der Waals surface area contributed by atoms with Gasteiger partial charge in [-0.25, -0.2) is 0 Å². The maximum absolute atomic E-state index is 13.1. The number of amides is 1. The van der Waals surface area contributed by atoms with Crippen LogP contribution in [0.3, 0.4) is 0 Å². The van der Waals surface area contributed by atoms with Crippen LogP contribution in [0.4, 0.5) is 0 Å². The van der Waals surface area contributed by atoms with Crippen LogP contribution in [0.2, 0.25) is 0 Å². The fraction of sp³-hybridized carbons (Fsp3) is 0.462. The highest BCUT2D eigenvalue weighted by Gasteiger charge is 2.47. The maximum atomic E-state index is 13.1. The normalized spacial score (nSPS) is 18.4. The third kappa shape index (κ3) is 4.45. The van der Waals surface area contributed by atoms with Gasteiger partial charge in [0.05, 0.1) is 12.7 Å². The van der Waals surface area contributed by atoms with E-state index >= 15 is 0 Å². The Kier molecular flexibility index (Phi) is 6.82. The van der Waals surface area contributed by atoms with Gasteiger partial charge in [-0.3, -0.25) is 9.59 Å². The number of aliphatic hydroxyl groups is 1. The molecule has 2 heterocycles. The number of furan rings is 1. The second kappa shape index (κ2) is 9.23. The molecular formula is C26H33NO5. The van der Waals surface area contributed by atoms with Crippen LogP contribution < -0.4 is 4.74 Å². The summed E-state index contributed by atoms with van der Waals surface area (Å²) in [7, 11) is 1.60. The molecule has 1 atom stereocenters. The van der Waals surface area contributed by atoms with Crippen LogP contribution in [0, 0.1) is 6.92 Å². The zero-order valence-electron chi connectivity index (χ0n) is 19.8. The van der Waals surface area contributed by atoms with Gasteiger partial charge in [0.25, 0.3) is 11.7 Å². The number of hydrogen-bond donors (Lipinski definition) is 1. The number of carbonyl (C=O) groups is 2. The third-order valence-electron chi connectivity index (χ3n) is 5.85. The van der Waals surface area contributed by atoms with E-state index < -0.39 is 17.7 Å². The molecule has 1 saturated heterocycles. The molecule has 0 saturated carbocycles. The average Bonchev–Trinajstić information content (AvgIpc) is 3.28. The number of unbranched alkanes of at least 4 members (excludes halogenated alkanes) is 2. The van der Waals surface area contributed by atoms with Gasteiger partial charge in [0.15, 0.2) is 0 Å². The van der Waals surface area contributed by atoms with E-state index in [4.69, 9.17) is 9.15 Å². The minimum absolute atomic E-state index is 0.0610. The van der Waals surface area contributed by atoms with E-state index in [2.05, 4.69) is 6.92 Å². The molecule has 1 aliphatic heterocycles. The number of nitrogens with zero attached hydrogens (tertiary/aromatic N) is 1. The Morgan fingerprint density at radius 1 is 1.16 bits per heavy atom. The van der Waals surface area contributed by atoms with Crippen LogP contribution in [0.15, 0.2) is 40.3 Å². The summed E-state index contributed by atoms with van der Waals surface area (Å²) >= 11 is 0. The van der Waals surface area contributed by atoms with Crippen molar-refractivity contribution in [1.29, 1.82) is 0 Å². The van der Waals surface area contributed by atoms with E-state index in [1.165, 1.54) is 4.90 Å². The predicted octanol–water partition coefficient (Wildman–Crippen LogP) is 5.51. The number of Topliss-reactive ketones (excluding diaryl/α,β-unsaturated/α-hetero) is 1. The van der Waals surface area contributed by atoms with Crippen molar-refractivity contribution in [2.75, 3.05) is 13.7 Å². The molecule has 6 heteroatoms. The smallest absolute Gasteiger partial charge is 0.295 e. The van der Waals surface area contributed by atoms with Crippen molar-refractivity contribution in [2.24, 2.45) is 0 Å². The molecule has 1 aromatic carbocycles. The number of methoxy groups -OCH3 is 1. The van der Waals surface area contributed by atoms with Crippen LogP contribution in [0.1, 0.15) is 75.6 Å². The van der Waals surface area contributed by atoms with E-state index in [1.807, 2.05) is 33.8 Å². The van der Waals surface area contributed by atoms with Gasteiger partial charge in [0, 0.05) is 17.7 Å². The standard InChI is InChI=1S/C26H33NO5/c1-7-8-9-14-27-22(20-12-10-16(2)32-20)21(24(29)25(27)30)23(28)17-11-13-19(31-6)18(15-17)26(3,4)5/h10-13,15,22,28H,7-9,14H2,1-6H3/b23-21-. The number of aliphatic hydroxyl groups excluding tert-OH is 1. The molecule has 1 fully saturated rings. The molecule has 172 valence electrons. The molecule has 0 bridgehead atoms. The Morgan fingerprint density at radius 2 is 1.88 bits per heavy atom. The highest BCUT2D eigenvalue weighted by Crippen LogP contribution is 2.41. The van der Waals surface area contributed by atoms with Crippen LogP contribution >= 0.6 is 0 Å². The molecule has 1 N–H and O–H groups in total. The molecule has 1 unspecified atom stereocenters. The fourth-order valence-electron chi connectivity index (χ4n) is 4.14. The lowest BCUT2D eigenvalue weighted by molar-refractivity contribution is -0.140. The van der Waals surface area contributed by atoms with Gasteiger partial charge < -0.3 is 19.2 Å². The van der Waals surface area contributed by atoms with Crippen molar-refractivity contribution in [2.45, 2.75) is 65.3 Å². The zero-order chi connectivity index (χ0) is 23.6. The van der Waals surface area contributed by atoms with E-state index in [-0.39, 0.29) is 16.7 Å². The van der Waals surface area contributed by atoms with Crippen molar-refractivity contribution in [3.8, 4) is 5.75 Å². The Hall–Kier alpha value is -3.02.